The maximum Gasteiger partial charge on any atom is 0.753 e. The number of rotatable bonds is 7. The molecule has 0 radical (unpaired) electrons. The average molecular weight is 471 g/mol. The summed E-state index contributed by atoms with van der Waals surface area (Å²) in [4.78, 5) is 13.3. The van der Waals surface area contributed by atoms with E-state index < -0.39 is 37.4 Å². The first kappa shape index (κ1) is 28.4. The van der Waals surface area contributed by atoms with Crippen LogP contribution in [0.4, 0.5) is 0 Å². The molecule has 0 heterocycles. The lowest BCUT2D eigenvalue weighted by Crippen LogP contribution is -2.60. The minimum Gasteiger partial charge on any atom is -0.493 e. The molecule has 0 atom stereocenters. The molecule has 0 saturated heterocycles. The predicted octanol–water partition coefficient (Wildman–Crippen LogP) is 5.91. The maximum absolute atomic E-state index is 13.3. The molecule has 0 unspecified atom stereocenters. The first-order chi connectivity index (χ1) is 14.1. The van der Waals surface area contributed by atoms with Crippen LogP contribution in [0.1, 0.15) is 93.4 Å². The van der Waals surface area contributed by atoms with Crippen LogP contribution >= 0.6 is 0 Å². The third kappa shape index (κ3) is 10.3. The van der Waals surface area contributed by atoms with Gasteiger partial charge in [-0.2, -0.15) is 0 Å². The third-order valence-corrected chi connectivity index (χ3v) is 6.35. The van der Waals surface area contributed by atoms with Crippen molar-refractivity contribution in [2.24, 2.45) is 0 Å². The van der Waals surface area contributed by atoms with E-state index in [4.69, 9.17) is 27.2 Å². The number of benzene rings is 1. The molecule has 0 aliphatic carbocycles. The summed E-state index contributed by atoms with van der Waals surface area (Å²) in [5.74, 6) is 0.324. The molecule has 0 aliphatic heterocycles. The van der Waals surface area contributed by atoms with E-state index >= 15 is 0 Å². The van der Waals surface area contributed by atoms with Crippen molar-refractivity contribution in [3.63, 3.8) is 0 Å². The molecular weight excluding hydrogens is 428 g/mol. The second-order valence-corrected chi connectivity index (χ2v) is 13.4. The Bertz CT molecular complexity index is 737. The van der Waals surface area contributed by atoms with Crippen LogP contribution in [0.15, 0.2) is 18.2 Å². The van der Waals surface area contributed by atoms with Gasteiger partial charge in [0.05, 0.1) is 29.5 Å². The van der Waals surface area contributed by atoms with Crippen LogP contribution in [-0.4, -0.2) is 44.5 Å². The van der Waals surface area contributed by atoms with E-state index in [1.54, 1.807) is 18.2 Å². The fourth-order valence-electron chi connectivity index (χ4n) is 2.63. The first-order valence-corrected chi connectivity index (χ1v) is 12.5. The van der Waals surface area contributed by atoms with Crippen molar-refractivity contribution in [2.75, 3.05) is 7.11 Å². The molecule has 8 heteroatoms. The summed E-state index contributed by atoms with van der Waals surface area (Å²) < 4.78 is 35.9. The van der Waals surface area contributed by atoms with Gasteiger partial charge in [-0.15, -0.1) is 0 Å². The number of hydrogen-bond acceptors (Lipinski definition) is 7. The molecule has 1 rings (SSSR count). The number of methoxy groups -OCH3 is 1. The third-order valence-electron chi connectivity index (χ3n) is 3.33. The Labute approximate surface area is 195 Å². The van der Waals surface area contributed by atoms with Gasteiger partial charge in [0.2, 0.25) is 0 Å². The summed E-state index contributed by atoms with van der Waals surface area (Å²) >= 11 is 0. The molecule has 0 aromatic heterocycles. The minimum absolute atomic E-state index is 0.271. The molecule has 0 bridgehead atoms. The Morgan fingerprint density at radius 1 is 0.688 bits per heavy atom. The van der Waals surface area contributed by atoms with Crippen molar-refractivity contribution in [2.45, 2.75) is 105 Å². The monoisotopic (exact) mass is 470 g/mol. The maximum atomic E-state index is 13.3. The molecule has 1 aromatic rings. The number of hydrogen-bond donors (Lipinski definition) is 0. The largest absolute Gasteiger partial charge is 0.753 e. The highest BCUT2D eigenvalue weighted by atomic mass is 28.4. The van der Waals surface area contributed by atoms with Crippen LogP contribution in [0.5, 0.6) is 11.5 Å². The molecule has 1 aromatic carbocycles. The van der Waals surface area contributed by atoms with Crippen LogP contribution in [0.2, 0.25) is 0 Å². The zero-order valence-electron chi connectivity index (χ0n) is 22.1. The summed E-state index contributed by atoms with van der Waals surface area (Å²) in [6, 6.07) is 4.88. The molecule has 32 heavy (non-hydrogen) atoms. The van der Waals surface area contributed by atoms with Crippen molar-refractivity contribution < 1.29 is 32.0 Å². The van der Waals surface area contributed by atoms with E-state index in [0.717, 1.165) is 0 Å². The summed E-state index contributed by atoms with van der Waals surface area (Å²) in [5.41, 5.74) is -2.17. The molecule has 0 fully saturated rings. The molecule has 0 aliphatic rings. The van der Waals surface area contributed by atoms with E-state index in [2.05, 4.69) is 0 Å². The number of ether oxygens (including phenoxy) is 2. The molecular formula is C24H42O7Si. The van der Waals surface area contributed by atoms with Crippen molar-refractivity contribution in [1.29, 1.82) is 0 Å². The van der Waals surface area contributed by atoms with Crippen molar-refractivity contribution >= 4 is 15.0 Å². The Kier molecular flexibility index (Phi) is 8.62. The lowest BCUT2D eigenvalue weighted by molar-refractivity contribution is -0.122. The van der Waals surface area contributed by atoms with Gasteiger partial charge < -0.3 is 27.2 Å². The van der Waals surface area contributed by atoms with E-state index in [1.807, 2.05) is 83.1 Å². The summed E-state index contributed by atoms with van der Waals surface area (Å²) in [5, 5.41) is 0. The van der Waals surface area contributed by atoms with Gasteiger partial charge in [0, 0.05) is 0 Å². The zero-order valence-corrected chi connectivity index (χ0v) is 23.1. The lowest BCUT2D eigenvalue weighted by atomic mass is 10.1. The van der Waals surface area contributed by atoms with Gasteiger partial charge in [0.25, 0.3) is 0 Å². The minimum atomic E-state index is -3.95. The van der Waals surface area contributed by atoms with Gasteiger partial charge >= 0.3 is 15.0 Å². The Morgan fingerprint density at radius 3 is 1.47 bits per heavy atom. The Morgan fingerprint density at radius 2 is 1.12 bits per heavy atom. The van der Waals surface area contributed by atoms with Gasteiger partial charge in [-0.3, -0.25) is 0 Å². The van der Waals surface area contributed by atoms with Crippen molar-refractivity contribution in [3.8, 4) is 11.5 Å². The summed E-state index contributed by atoms with van der Waals surface area (Å²) in [7, 11) is -2.43. The number of carbonyl (C=O) groups excluding carboxylic acids is 1. The quantitative estimate of drug-likeness (QED) is 0.459. The molecule has 0 saturated carbocycles. The van der Waals surface area contributed by atoms with E-state index in [0.29, 0.717) is 11.5 Å². The van der Waals surface area contributed by atoms with Crippen LogP contribution in [0, 0.1) is 0 Å². The van der Waals surface area contributed by atoms with Crippen molar-refractivity contribution in [1.82, 2.24) is 0 Å². The first-order valence-electron chi connectivity index (χ1n) is 10.8. The lowest BCUT2D eigenvalue weighted by Gasteiger charge is -2.40. The average Bonchev–Trinajstić information content (AvgIpc) is 2.47. The fourth-order valence-corrected chi connectivity index (χ4v) is 5.48. The highest BCUT2D eigenvalue weighted by Crippen LogP contribution is 2.34. The van der Waals surface area contributed by atoms with Crippen LogP contribution in [0.25, 0.3) is 0 Å². The van der Waals surface area contributed by atoms with Gasteiger partial charge in [0.1, 0.15) is 5.60 Å². The molecule has 184 valence electrons. The standard InChI is InChI=1S/C24H42O7Si/c1-21(2,3)27-18-15-14-17(16-19(18)26-13)20(25)28-32(29-22(4,5)6,30-23(7,8)9)31-24(10,11)12/h14-16H,1-13H3. The second-order valence-electron chi connectivity index (χ2n) is 11.6. The summed E-state index contributed by atoms with van der Waals surface area (Å²) in [6.45, 7) is 22.6. The zero-order chi connectivity index (χ0) is 25.2. The van der Waals surface area contributed by atoms with Crippen LogP contribution in [0.3, 0.4) is 0 Å². The van der Waals surface area contributed by atoms with Gasteiger partial charge in [-0.05, 0) is 101 Å². The summed E-state index contributed by atoms with van der Waals surface area (Å²) in [6.07, 6.45) is 0. The van der Waals surface area contributed by atoms with Crippen LogP contribution in [-0.2, 0) is 17.7 Å². The van der Waals surface area contributed by atoms with Crippen molar-refractivity contribution in [3.05, 3.63) is 23.8 Å². The molecule has 7 nitrogen and oxygen atoms in total. The molecule has 0 amide bonds. The second kappa shape index (κ2) is 9.71. The van der Waals surface area contributed by atoms with E-state index in [9.17, 15) is 4.79 Å². The van der Waals surface area contributed by atoms with Gasteiger partial charge in [-0.1, -0.05) is 0 Å². The molecule has 0 spiro atoms. The highest BCUT2D eigenvalue weighted by molar-refractivity contribution is 6.56. The predicted molar refractivity (Wildman–Crippen MR) is 127 cm³/mol. The SMILES string of the molecule is COc1cc(C(=O)O[Si](OC(C)(C)C)(OC(C)(C)C)OC(C)(C)C)ccc1OC(C)(C)C. The normalized spacial score (nSPS) is 13.7. The Balaban J connectivity index is 3.40. The van der Waals surface area contributed by atoms with Crippen LogP contribution < -0.4 is 9.47 Å². The fraction of sp³-hybridized carbons (Fsp3) is 0.708. The topological polar surface area (TPSA) is 72.5 Å². The van der Waals surface area contributed by atoms with E-state index in [-0.39, 0.29) is 5.56 Å². The number of carbonyl (C=O) groups is 1. The smallest absolute Gasteiger partial charge is 0.493 e. The molecule has 0 N–H and O–H groups in total. The highest BCUT2D eigenvalue weighted by Gasteiger charge is 2.57. The van der Waals surface area contributed by atoms with E-state index in [1.165, 1.54) is 7.11 Å². The van der Waals surface area contributed by atoms with Gasteiger partial charge in [-0.25, -0.2) is 4.79 Å². The van der Waals surface area contributed by atoms with Gasteiger partial charge in [0.15, 0.2) is 11.5 Å². The Hall–Kier alpha value is -1.61.